The van der Waals surface area contributed by atoms with Gasteiger partial charge in [0.05, 0.1) is 31.6 Å². The van der Waals surface area contributed by atoms with Gasteiger partial charge in [0.15, 0.2) is 0 Å². The van der Waals surface area contributed by atoms with Crippen LogP contribution in [0.4, 0.5) is 0 Å². The molecule has 3 atom stereocenters. The highest BCUT2D eigenvalue weighted by Gasteiger charge is 2.47. The van der Waals surface area contributed by atoms with E-state index in [1.54, 1.807) is 7.11 Å². The minimum Gasteiger partial charge on any atom is -0.497 e. The first-order valence-corrected chi connectivity index (χ1v) is 15.5. The van der Waals surface area contributed by atoms with Gasteiger partial charge in [-0.05, 0) is 62.1 Å². The van der Waals surface area contributed by atoms with Gasteiger partial charge in [0.2, 0.25) is 5.78 Å². The van der Waals surface area contributed by atoms with Crippen LogP contribution in [0.15, 0.2) is 36.4 Å². The van der Waals surface area contributed by atoms with Gasteiger partial charge in [-0.15, -0.1) is 0 Å². The lowest BCUT2D eigenvalue weighted by molar-refractivity contribution is -0.133. The number of likely N-dealkylation sites (N-methyl/N-ethyl adjacent to an activating group) is 1. The number of hydrogen-bond acceptors (Lipinski definition) is 9. The summed E-state index contributed by atoms with van der Waals surface area (Å²) in [4.78, 5) is 26.2. The predicted molar refractivity (Wildman–Crippen MR) is 163 cm³/mol. The summed E-state index contributed by atoms with van der Waals surface area (Å²) in [5.74, 6) is 1.72. The average molecular weight is 593 g/mol. The molecule has 3 aromatic rings. The summed E-state index contributed by atoms with van der Waals surface area (Å²) >= 11 is 4.88. The van der Waals surface area contributed by atoms with Gasteiger partial charge in [-0.3, -0.25) is 9.69 Å². The maximum absolute atomic E-state index is 13.9. The predicted octanol–water partition coefficient (Wildman–Crippen LogP) is 5.38. The van der Waals surface area contributed by atoms with Crippen molar-refractivity contribution < 1.29 is 24.0 Å². The van der Waals surface area contributed by atoms with Crippen LogP contribution >= 0.6 is 12.8 Å². The summed E-state index contributed by atoms with van der Waals surface area (Å²) in [6.45, 7) is 3.69. The highest BCUT2D eigenvalue weighted by atomic mass is 32.1. The third-order valence-electron chi connectivity index (χ3n) is 9.92. The first kappa shape index (κ1) is 28.2. The van der Waals surface area contributed by atoms with Gasteiger partial charge in [0.25, 0.3) is 6.29 Å². The Morgan fingerprint density at radius 1 is 1.05 bits per heavy atom. The molecule has 4 bridgehead atoms. The summed E-state index contributed by atoms with van der Waals surface area (Å²) in [6, 6.07) is 12.5. The van der Waals surface area contributed by atoms with Gasteiger partial charge < -0.3 is 14.0 Å². The largest absolute Gasteiger partial charge is 0.497 e. The molecule has 1 saturated heterocycles. The van der Waals surface area contributed by atoms with Crippen LogP contribution < -0.4 is 9.47 Å². The van der Waals surface area contributed by atoms with Crippen molar-refractivity contribution in [3.8, 4) is 22.8 Å². The molecule has 0 spiro atoms. The zero-order valence-corrected chi connectivity index (χ0v) is 25.7. The van der Waals surface area contributed by atoms with Gasteiger partial charge in [0.1, 0.15) is 11.5 Å². The van der Waals surface area contributed by atoms with E-state index in [2.05, 4.69) is 45.7 Å². The van der Waals surface area contributed by atoms with E-state index in [1.807, 2.05) is 30.6 Å². The third-order valence-corrected chi connectivity index (χ3v) is 10.3. The van der Waals surface area contributed by atoms with Gasteiger partial charge in [-0.25, -0.2) is 5.01 Å². The third kappa shape index (κ3) is 4.82. The Morgan fingerprint density at radius 3 is 2.57 bits per heavy atom. The number of carbonyl (C=O) groups is 1. The number of carbonyl (C=O) groups excluding carboxylic acids is 1. The fraction of sp³-hybridized carbons (Fsp3) is 0.531. The zero-order valence-electron chi connectivity index (χ0n) is 24.8. The number of fused-ring (bicyclic) bond motifs is 4. The number of ketones is 1. The number of hydrogen-bond donors (Lipinski definition) is 1. The molecule has 10 heteroatoms. The lowest BCUT2D eigenvalue weighted by Crippen LogP contribution is -2.57. The van der Waals surface area contributed by atoms with Crippen LogP contribution in [0, 0.1) is 5.92 Å². The van der Waals surface area contributed by atoms with Gasteiger partial charge in [-0.1, -0.05) is 44.2 Å². The molecule has 7 rings (SSSR count). The second-order valence-electron chi connectivity index (χ2n) is 12.3. The zero-order chi connectivity index (χ0) is 29.1. The number of methoxy groups -OCH3 is 1. The van der Waals surface area contributed by atoms with Crippen molar-refractivity contribution in [2.45, 2.75) is 76.5 Å². The molecule has 0 N–H and O–H groups in total. The minimum atomic E-state index is -0.849. The van der Waals surface area contributed by atoms with E-state index in [9.17, 15) is 4.79 Å². The Bertz CT molecular complexity index is 1500. The van der Waals surface area contributed by atoms with Crippen LogP contribution in [0.25, 0.3) is 22.2 Å². The summed E-state index contributed by atoms with van der Waals surface area (Å²) in [7, 11) is 5.68. The number of ether oxygens (including phenoxy) is 2. The van der Waals surface area contributed by atoms with Crippen molar-refractivity contribution in [3.63, 3.8) is 0 Å². The molecule has 2 aromatic carbocycles. The highest BCUT2D eigenvalue weighted by molar-refractivity contribution is 7.77. The first-order valence-electron chi connectivity index (χ1n) is 15.1. The SMILES string of the molecule is COc1ccc2c(c1)OCC1Cn3c-2c(C2CCCCC2)c2ccc(cc23)CN(S)N(C)C(C)N(C)C1C(=O)C1OO1. The first-order chi connectivity index (χ1) is 20.4. The van der Waals surface area contributed by atoms with Crippen molar-refractivity contribution in [1.82, 2.24) is 18.9 Å². The number of hydrazine groups is 1. The molecule has 1 aromatic heterocycles. The summed E-state index contributed by atoms with van der Waals surface area (Å²) in [5.41, 5.74) is 6.07. The molecule has 4 aliphatic rings. The number of benzene rings is 2. The fourth-order valence-electron chi connectivity index (χ4n) is 7.42. The number of nitrogens with zero attached hydrogens (tertiary/aromatic N) is 4. The standard InChI is InChI=1S/C32H40N4O5S/c1-19-33(2)29(31(37)32-40-41-32)22-17-35-26-14-20(16-36(42)34(19)3)10-12-24(26)28(21-8-6-5-7-9-21)30(35)25-13-11-23(38-4)15-27(25)39-18-22/h10-15,19,21-22,29,32,42H,5-9,16-18H2,1-4H3. The van der Waals surface area contributed by atoms with Crippen molar-refractivity contribution in [1.29, 1.82) is 0 Å². The monoisotopic (exact) mass is 592 g/mol. The normalized spacial score (nSPS) is 26.3. The molecule has 1 aliphatic carbocycles. The van der Waals surface area contributed by atoms with Crippen LogP contribution in [0.3, 0.4) is 0 Å². The second kappa shape index (κ2) is 11.2. The van der Waals surface area contributed by atoms with Crippen molar-refractivity contribution in [3.05, 3.63) is 47.5 Å². The Labute approximate surface area is 252 Å². The molecule has 1 saturated carbocycles. The summed E-state index contributed by atoms with van der Waals surface area (Å²) in [5, 5.41) is 3.35. The Balaban J connectivity index is 1.50. The Morgan fingerprint density at radius 2 is 1.83 bits per heavy atom. The number of aromatic nitrogens is 1. The van der Waals surface area contributed by atoms with Crippen LogP contribution in [0.2, 0.25) is 0 Å². The molecule has 0 amide bonds. The van der Waals surface area contributed by atoms with Crippen LogP contribution in [0.1, 0.15) is 56.1 Å². The maximum atomic E-state index is 13.9. The molecule has 4 heterocycles. The highest BCUT2D eigenvalue weighted by Crippen LogP contribution is 2.48. The van der Waals surface area contributed by atoms with E-state index in [0.717, 1.165) is 17.1 Å². The topological polar surface area (TPSA) is 75.2 Å². The number of thiol groups is 1. The molecule has 3 unspecified atom stereocenters. The van der Waals surface area contributed by atoms with Gasteiger partial charge in [0, 0.05) is 48.6 Å². The molecule has 42 heavy (non-hydrogen) atoms. The average Bonchev–Trinajstić information content (AvgIpc) is 3.81. The number of Topliss-reactive ketones (excluding diaryl/α,β-unsaturated/α-hetero) is 1. The quantitative estimate of drug-likeness (QED) is 0.246. The molecule has 2 fully saturated rings. The van der Waals surface area contributed by atoms with Crippen LogP contribution in [-0.2, 0) is 27.7 Å². The van der Waals surface area contributed by atoms with E-state index in [1.165, 1.54) is 59.8 Å². The van der Waals surface area contributed by atoms with Gasteiger partial charge >= 0.3 is 0 Å². The molecular weight excluding hydrogens is 552 g/mol. The van der Waals surface area contributed by atoms with E-state index < -0.39 is 12.3 Å². The van der Waals surface area contributed by atoms with Gasteiger partial charge in [-0.2, -0.15) is 14.2 Å². The Kier molecular flexibility index (Phi) is 7.48. The Hall–Kier alpha value is -2.60. The smallest absolute Gasteiger partial charge is 0.283 e. The summed E-state index contributed by atoms with van der Waals surface area (Å²) in [6.07, 6.45) is 5.14. The van der Waals surface area contributed by atoms with E-state index in [0.29, 0.717) is 25.6 Å². The molecule has 3 aliphatic heterocycles. The molecule has 224 valence electrons. The van der Waals surface area contributed by atoms with Crippen LogP contribution in [0.5, 0.6) is 11.5 Å². The van der Waals surface area contributed by atoms with Crippen molar-refractivity contribution in [2.24, 2.45) is 5.92 Å². The second-order valence-corrected chi connectivity index (χ2v) is 12.7. The molecule has 0 radical (unpaired) electrons. The fourth-order valence-corrected chi connectivity index (χ4v) is 7.73. The summed E-state index contributed by atoms with van der Waals surface area (Å²) < 4.78 is 16.7. The van der Waals surface area contributed by atoms with E-state index in [4.69, 9.17) is 32.1 Å². The van der Waals surface area contributed by atoms with E-state index in [-0.39, 0.29) is 17.9 Å². The lowest BCUT2D eigenvalue weighted by atomic mass is 9.81. The molecule has 9 nitrogen and oxygen atoms in total. The lowest BCUT2D eigenvalue weighted by Gasteiger charge is -2.43. The van der Waals surface area contributed by atoms with Crippen molar-refractivity contribution in [2.75, 3.05) is 27.8 Å². The maximum Gasteiger partial charge on any atom is 0.283 e. The number of rotatable bonds is 4. The minimum absolute atomic E-state index is 0.0910. The van der Waals surface area contributed by atoms with E-state index >= 15 is 0 Å². The molecular formula is C32H40N4O5S. The van der Waals surface area contributed by atoms with Crippen LogP contribution in [-0.4, -0.2) is 71.0 Å². The van der Waals surface area contributed by atoms with Crippen molar-refractivity contribution >= 4 is 29.5 Å².